The van der Waals surface area contributed by atoms with E-state index in [-0.39, 0.29) is 5.41 Å². The maximum Gasteiger partial charge on any atom is 0.101 e. The lowest BCUT2D eigenvalue weighted by Crippen LogP contribution is -2.12. The molecule has 0 aliphatic heterocycles. The Morgan fingerprint density at radius 1 is 0.759 bits per heavy atom. The van der Waals surface area contributed by atoms with E-state index in [4.69, 9.17) is 0 Å². The van der Waals surface area contributed by atoms with Gasteiger partial charge in [0, 0.05) is 11.1 Å². The SMILES string of the molecule is CC(C)c1ccc(C(C)(C)C)cc1/C=N/N=C1c2ccccc2-c2ccccc21. The molecular weight excluding hydrogens is 352 g/mol. The number of hydrogen-bond acceptors (Lipinski definition) is 2. The second-order valence-electron chi connectivity index (χ2n) is 9.03. The van der Waals surface area contributed by atoms with Crippen LogP contribution < -0.4 is 0 Å². The lowest BCUT2D eigenvalue weighted by atomic mass is 9.84. The highest BCUT2D eigenvalue weighted by Crippen LogP contribution is 2.36. The van der Waals surface area contributed by atoms with Crippen LogP contribution >= 0.6 is 0 Å². The highest BCUT2D eigenvalue weighted by molar-refractivity contribution is 6.24. The Balaban J connectivity index is 1.77. The van der Waals surface area contributed by atoms with Crippen LogP contribution in [0, 0.1) is 0 Å². The predicted molar refractivity (Wildman–Crippen MR) is 124 cm³/mol. The Morgan fingerprint density at radius 2 is 1.31 bits per heavy atom. The molecule has 0 bridgehead atoms. The molecule has 2 nitrogen and oxygen atoms in total. The molecule has 3 aromatic rings. The molecule has 1 aliphatic rings. The smallest absolute Gasteiger partial charge is 0.101 e. The Morgan fingerprint density at radius 3 is 1.83 bits per heavy atom. The first-order valence-corrected chi connectivity index (χ1v) is 10.3. The summed E-state index contributed by atoms with van der Waals surface area (Å²) in [6.45, 7) is 11.2. The van der Waals surface area contributed by atoms with Gasteiger partial charge in [0.2, 0.25) is 0 Å². The number of benzene rings is 3. The van der Waals surface area contributed by atoms with Gasteiger partial charge in [-0.3, -0.25) is 0 Å². The molecule has 0 heterocycles. The van der Waals surface area contributed by atoms with Gasteiger partial charge in [-0.2, -0.15) is 5.10 Å². The van der Waals surface area contributed by atoms with E-state index in [2.05, 4.69) is 112 Å². The van der Waals surface area contributed by atoms with E-state index >= 15 is 0 Å². The molecule has 0 atom stereocenters. The summed E-state index contributed by atoms with van der Waals surface area (Å²) in [7, 11) is 0. The van der Waals surface area contributed by atoms with Crippen LogP contribution in [0.3, 0.4) is 0 Å². The van der Waals surface area contributed by atoms with Crippen molar-refractivity contribution in [1.82, 2.24) is 0 Å². The Bertz CT molecular complexity index is 1060. The second kappa shape index (κ2) is 7.44. The van der Waals surface area contributed by atoms with Crippen molar-refractivity contribution in [3.05, 3.63) is 94.5 Å². The molecule has 0 aromatic heterocycles. The first-order chi connectivity index (χ1) is 13.9. The lowest BCUT2D eigenvalue weighted by molar-refractivity contribution is 0.589. The third-order valence-corrected chi connectivity index (χ3v) is 5.58. The number of rotatable bonds is 3. The van der Waals surface area contributed by atoms with Gasteiger partial charge in [0.1, 0.15) is 5.71 Å². The molecule has 0 radical (unpaired) electrons. The van der Waals surface area contributed by atoms with E-state index in [1.54, 1.807) is 0 Å². The predicted octanol–water partition coefficient (Wildman–Crippen LogP) is 6.96. The summed E-state index contributed by atoms with van der Waals surface area (Å²) in [6, 6.07) is 23.6. The molecule has 0 N–H and O–H groups in total. The third-order valence-electron chi connectivity index (χ3n) is 5.58. The number of hydrogen-bond donors (Lipinski definition) is 0. The summed E-state index contributed by atoms with van der Waals surface area (Å²) in [5.74, 6) is 0.436. The summed E-state index contributed by atoms with van der Waals surface area (Å²) < 4.78 is 0. The molecular formula is C27H28N2. The minimum absolute atomic E-state index is 0.104. The van der Waals surface area contributed by atoms with Crippen molar-refractivity contribution >= 4 is 11.9 Å². The first-order valence-electron chi connectivity index (χ1n) is 10.3. The summed E-state index contributed by atoms with van der Waals surface area (Å²) in [5.41, 5.74) is 9.58. The molecule has 0 unspecified atom stereocenters. The maximum atomic E-state index is 4.68. The molecule has 146 valence electrons. The Labute approximate surface area is 174 Å². The van der Waals surface area contributed by atoms with E-state index < -0.39 is 0 Å². The fourth-order valence-electron chi connectivity index (χ4n) is 3.93. The fraction of sp³-hybridized carbons (Fsp3) is 0.259. The maximum absolute atomic E-state index is 4.68. The zero-order valence-electron chi connectivity index (χ0n) is 17.9. The van der Waals surface area contributed by atoms with Gasteiger partial charge >= 0.3 is 0 Å². The third kappa shape index (κ3) is 3.67. The van der Waals surface area contributed by atoms with Crippen molar-refractivity contribution in [2.45, 2.75) is 46.0 Å². The van der Waals surface area contributed by atoms with Crippen molar-refractivity contribution in [2.75, 3.05) is 0 Å². The van der Waals surface area contributed by atoms with Crippen LogP contribution in [0.1, 0.15) is 68.4 Å². The molecule has 0 fully saturated rings. The van der Waals surface area contributed by atoms with Gasteiger partial charge in [-0.1, -0.05) is 95.3 Å². The first kappa shape index (κ1) is 19.3. The minimum atomic E-state index is 0.104. The van der Waals surface area contributed by atoms with Crippen molar-refractivity contribution in [3.63, 3.8) is 0 Å². The molecule has 4 rings (SSSR count). The van der Waals surface area contributed by atoms with E-state index in [0.717, 1.165) is 22.4 Å². The van der Waals surface area contributed by atoms with Crippen LogP contribution in [0.2, 0.25) is 0 Å². The molecule has 0 saturated heterocycles. The average molecular weight is 381 g/mol. The fourth-order valence-corrected chi connectivity index (χ4v) is 3.93. The molecule has 1 aliphatic carbocycles. The van der Waals surface area contributed by atoms with Gasteiger partial charge in [0.05, 0.1) is 6.21 Å². The Kier molecular flexibility index (Phi) is 4.96. The van der Waals surface area contributed by atoms with Crippen LogP contribution in [-0.2, 0) is 5.41 Å². The quantitative estimate of drug-likeness (QED) is 0.271. The highest BCUT2D eigenvalue weighted by atomic mass is 15.2. The van der Waals surface area contributed by atoms with Gasteiger partial charge in [0.25, 0.3) is 0 Å². The summed E-state index contributed by atoms with van der Waals surface area (Å²) in [4.78, 5) is 0. The van der Waals surface area contributed by atoms with E-state index in [9.17, 15) is 0 Å². The molecule has 0 amide bonds. The standard InChI is InChI=1S/C27H28N2/c1-18(2)21-15-14-20(27(3,4)5)16-19(21)17-28-29-26-24-12-8-6-10-22(24)23-11-7-9-13-25(23)26/h6-18H,1-5H3/b28-17+. The molecule has 0 spiro atoms. The van der Waals surface area contributed by atoms with Crippen molar-refractivity contribution in [3.8, 4) is 11.1 Å². The van der Waals surface area contributed by atoms with Crippen molar-refractivity contribution in [1.29, 1.82) is 0 Å². The normalized spacial score (nSPS) is 13.1. The summed E-state index contributed by atoms with van der Waals surface area (Å²) in [5, 5.41) is 9.23. The summed E-state index contributed by atoms with van der Waals surface area (Å²) in [6.07, 6.45) is 1.92. The summed E-state index contributed by atoms with van der Waals surface area (Å²) >= 11 is 0. The van der Waals surface area contributed by atoms with Crippen molar-refractivity contribution < 1.29 is 0 Å². The largest absolute Gasteiger partial charge is 0.158 e. The minimum Gasteiger partial charge on any atom is -0.158 e. The van der Waals surface area contributed by atoms with Crippen LogP contribution in [0.25, 0.3) is 11.1 Å². The van der Waals surface area contributed by atoms with Gasteiger partial charge < -0.3 is 0 Å². The second-order valence-corrected chi connectivity index (χ2v) is 9.03. The molecule has 29 heavy (non-hydrogen) atoms. The van der Waals surface area contributed by atoms with Gasteiger partial charge in [-0.15, -0.1) is 5.10 Å². The van der Waals surface area contributed by atoms with Gasteiger partial charge in [-0.05, 0) is 45.2 Å². The van der Waals surface area contributed by atoms with E-state index in [0.29, 0.717) is 5.92 Å². The number of fused-ring (bicyclic) bond motifs is 3. The zero-order valence-corrected chi connectivity index (χ0v) is 17.9. The zero-order chi connectivity index (χ0) is 20.6. The van der Waals surface area contributed by atoms with Crippen molar-refractivity contribution in [2.24, 2.45) is 10.2 Å². The topological polar surface area (TPSA) is 24.7 Å². The van der Waals surface area contributed by atoms with Crippen LogP contribution in [0.4, 0.5) is 0 Å². The monoisotopic (exact) mass is 380 g/mol. The molecule has 3 aromatic carbocycles. The molecule has 0 saturated carbocycles. The Hall–Kier alpha value is -3.00. The van der Waals surface area contributed by atoms with Crippen LogP contribution in [-0.4, -0.2) is 11.9 Å². The molecule has 2 heteroatoms. The average Bonchev–Trinajstić information content (AvgIpc) is 3.01. The highest BCUT2D eigenvalue weighted by Gasteiger charge is 2.24. The van der Waals surface area contributed by atoms with E-state index in [1.165, 1.54) is 22.3 Å². The van der Waals surface area contributed by atoms with Crippen LogP contribution in [0.15, 0.2) is 76.9 Å². The van der Waals surface area contributed by atoms with E-state index in [1.807, 2.05) is 6.21 Å². The van der Waals surface area contributed by atoms with Crippen LogP contribution in [0.5, 0.6) is 0 Å². The lowest BCUT2D eigenvalue weighted by Gasteiger charge is -2.21. The number of nitrogens with zero attached hydrogens (tertiary/aromatic N) is 2. The van der Waals surface area contributed by atoms with Gasteiger partial charge in [0.15, 0.2) is 0 Å². The van der Waals surface area contributed by atoms with Gasteiger partial charge in [-0.25, -0.2) is 0 Å².